The number of anilines is 1. The van der Waals surface area contributed by atoms with Crippen molar-refractivity contribution in [3.05, 3.63) is 18.6 Å². The molecule has 2 saturated carbocycles. The van der Waals surface area contributed by atoms with Crippen molar-refractivity contribution >= 4 is 27.2 Å². The molecule has 4 rings (SSSR count). The molecule has 0 bridgehead atoms. The van der Waals surface area contributed by atoms with Crippen LogP contribution in [0.15, 0.2) is 18.6 Å². The van der Waals surface area contributed by atoms with E-state index in [0.717, 1.165) is 48.6 Å². The van der Waals surface area contributed by atoms with E-state index in [9.17, 15) is 8.42 Å². The van der Waals surface area contributed by atoms with Gasteiger partial charge in [-0.25, -0.2) is 15.1 Å². The molecule has 136 valence electrons. The van der Waals surface area contributed by atoms with Crippen molar-refractivity contribution in [3.8, 4) is 0 Å². The van der Waals surface area contributed by atoms with Crippen LogP contribution in [-0.2, 0) is 14.5 Å². The molecule has 2 aromatic rings. The zero-order valence-corrected chi connectivity index (χ0v) is 14.8. The van der Waals surface area contributed by atoms with Crippen LogP contribution in [0.5, 0.6) is 0 Å². The summed E-state index contributed by atoms with van der Waals surface area (Å²) in [5.74, 6) is 1.86. The minimum atomic E-state index is -3.87. The number of hydrogen-bond acceptors (Lipinski definition) is 6. The second-order valence-electron chi connectivity index (χ2n) is 7.12. The third kappa shape index (κ3) is 3.94. The highest BCUT2D eigenvalue weighted by atomic mass is 32.2. The Bertz CT molecular complexity index is 862. The lowest BCUT2D eigenvalue weighted by Crippen LogP contribution is -2.19. The molecule has 2 atom stereocenters. The third-order valence-corrected chi connectivity index (χ3v) is 5.60. The van der Waals surface area contributed by atoms with Crippen LogP contribution in [0, 0.1) is 11.8 Å². The van der Waals surface area contributed by atoms with E-state index in [0.29, 0.717) is 0 Å². The number of fused-ring (bicyclic) bond motifs is 1. The summed E-state index contributed by atoms with van der Waals surface area (Å²) in [5, 5.41) is 9.38. The number of nitrogens with two attached hydrogens (primary N) is 1. The lowest BCUT2D eigenvalue weighted by molar-refractivity contribution is 0.253. The smallest absolute Gasteiger partial charge is 0.333 e. The summed E-state index contributed by atoms with van der Waals surface area (Å²) in [5.41, 5.74) is 0.923. The second-order valence-corrected chi connectivity index (χ2v) is 8.34. The molecule has 3 N–H and O–H groups in total. The maximum absolute atomic E-state index is 11.0. The molecule has 2 aromatic heterocycles. The summed E-state index contributed by atoms with van der Waals surface area (Å²) >= 11 is 0. The van der Waals surface area contributed by atoms with Crippen LogP contribution < -0.4 is 10.5 Å². The average molecular weight is 365 g/mol. The predicted octanol–water partition coefficient (Wildman–Crippen LogP) is 1.81. The standard InChI is InChI=1S/C16H23N5O3S/c17-25(22,23)24-9-12-3-4-13(7-12)21-6-5-14-15(18-8-11-1-2-11)19-10-20-16(14)21/h5-6,10-13H,1-4,7-9H2,(H2,17,22,23)(H,18,19,20)/t12-,13-/m0/s1. The highest BCUT2D eigenvalue weighted by molar-refractivity contribution is 7.84. The van der Waals surface area contributed by atoms with E-state index in [-0.39, 0.29) is 18.6 Å². The highest BCUT2D eigenvalue weighted by Crippen LogP contribution is 2.37. The number of rotatable bonds is 7. The van der Waals surface area contributed by atoms with Crippen LogP contribution in [0.1, 0.15) is 38.1 Å². The third-order valence-electron chi connectivity index (χ3n) is 5.14. The van der Waals surface area contributed by atoms with E-state index in [1.165, 1.54) is 12.8 Å². The average Bonchev–Trinajstić information content (AvgIpc) is 3.10. The molecule has 0 saturated heterocycles. The van der Waals surface area contributed by atoms with Gasteiger partial charge in [-0.2, -0.15) is 8.42 Å². The first-order chi connectivity index (χ1) is 12.0. The summed E-state index contributed by atoms with van der Waals surface area (Å²) < 4.78 is 28.8. The fourth-order valence-electron chi connectivity index (χ4n) is 3.61. The van der Waals surface area contributed by atoms with Crippen molar-refractivity contribution in [1.82, 2.24) is 14.5 Å². The Labute approximate surface area is 147 Å². The van der Waals surface area contributed by atoms with Crippen molar-refractivity contribution in [2.24, 2.45) is 17.0 Å². The molecule has 9 heteroatoms. The van der Waals surface area contributed by atoms with E-state index in [2.05, 4.69) is 32.1 Å². The number of nitrogens with zero attached hydrogens (tertiary/aromatic N) is 3. The van der Waals surface area contributed by atoms with Gasteiger partial charge in [0.25, 0.3) is 0 Å². The fraction of sp³-hybridized carbons (Fsp3) is 0.625. The van der Waals surface area contributed by atoms with Gasteiger partial charge in [-0.3, -0.25) is 4.18 Å². The van der Waals surface area contributed by atoms with Gasteiger partial charge in [0.15, 0.2) is 0 Å². The van der Waals surface area contributed by atoms with Crippen molar-refractivity contribution < 1.29 is 12.6 Å². The number of hydrogen-bond donors (Lipinski definition) is 2. The van der Waals surface area contributed by atoms with Crippen LogP contribution in [0.3, 0.4) is 0 Å². The summed E-state index contributed by atoms with van der Waals surface area (Å²) in [6.07, 6.45) is 8.99. The quantitative estimate of drug-likeness (QED) is 0.774. The number of nitrogens with one attached hydrogen (secondary N) is 1. The SMILES string of the molecule is NS(=O)(=O)OC[C@H]1CC[C@H](n2ccc3c(NCC4CC4)ncnc32)C1. The first-order valence-corrected chi connectivity index (χ1v) is 10.2. The molecule has 2 fully saturated rings. The Morgan fingerprint density at radius 1 is 1.24 bits per heavy atom. The molecule has 0 aromatic carbocycles. The molecule has 2 aliphatic carbocycles. The van der Waals surface area contributed by atoms with Crippen molar-refractivity contribution in [2.45, 2.75) is 38.1 Å². The molecule has 0 unspecified atom stereocenters. The van der Waals surface area contributed by atoms with Crippen molar-refractivity contribution in [1.29, 1.82) is 0 Å². The summed E-state index contributed by atoms with van der Waals surface area (Å²) in [7, 11) is -3.87. The molecule has 2 heterocycles. The first kappa shape index (κ1) is 16.7. The van der Waals surface area contributed by atoms with Gasteiger partial charge in [-0.05, 0) is 50.0 Å². The van der Waals surface area contributed by atoms with E-state index in [1.807, 2.05) is 0 Å². The second kappa shape index (κ2) is 6.54. The lowest BCUT2D eigenvalue weighted by Gasteiger charge is -2.14. The minimum Gasteiger partial charge on any atom is -0.369 e. The fourth-order valence-corrected chi connectivity index (χ4v) is 4.00. The zero-order chi connectivity index (χ0) is 17.4. The van der Waals surface area contributed by atoms with Crippen molar-refractivity contribution in [3.63, 3.8) is 0 Å². The summed E-state index contributed by atoms with van der Waals surface area (Å²) in [4.78, 5) is 8.85. The highest BCUT2D eigenvalue weighted by Gasteiger charge is 2.28. The molecular formula is C16H23N5O3S. The molecular weight excluding hydrogens is 342 g/mol. The molecule has 0 aliphatic heterocycles. The zero-order valence-electron chi connectivity index (χ0n) is 14.0. The molecule has 0 radical (unpaired) electrons. The van der Waals surface area contributed by atoms with Crippen LogP contribution >= 0.6 is 0 Å². The van der Waals surface area contributed by atoms with Crippen LogP contribution in [0.25, 0.3) is 11.0 Å². The maximum atomic E-state index is 11.0. The Kier molecular flexibility index (Phi) is 4.38. The normalized spacial score (nSPS) is 24.0. The molecule has 0 spiro atoms. The van der Waals surface area contributed by atoms with E-state index >= 15 is 0 Å². The van der Waals surface area contributed by atoms with Crippen LogP contribution in [-0.4, -0.2) is 36.1 Å². The predicted molar refractivity (Wildman–Crippen MR) is 94.2 cm³/mol. The number of aromatic nitrogens is 3. The van der Waals surface area contributed by atoms with E-state index in [4.69, 9.17) is 9.32 Å². The largest absolute Gasteiger partial charge is 0.369 e. The van der Waals surface area contributed by atoms with Crippen LogP contribution in [0.4, 0.5) is 5.82 Å². The van der Waals surface area contributed by atoms with Gasteiger partial charge in [0.1, 0.15) is 17.8 Å². The van der Waals surface area contributed by atoms with Gasteiger partial charge in [0.2, 0.25) is 0 Å². The Morgan fingerprint density at radius 3 is 2.80 bits per heavy atom. The van der Waals surface area contributed by atoms with E-state index < -0.39 is 10.3 Å². The molecule has 8 nitrogen and oxygen atoms in total. The summed E-state index contributed by atoms with van der Waals surface area (Å²) in [6, 6.07) is 2.34. The Morgan fingerprint density at radius 2 is 2.04 bits per heavy atom. The van der Waals surface area contributed by atoms with Gasteiger partial charge in [-0.1, -0.05) is 0 Å². The van der Waals surface area contributed by atoms with Gasteiger partial charge in [0, 0.05) is 18.8 Å². The first-order valence-electron chi connectivity index (χ1n) is 8.72. The maximum Gasteiger partial charge on any atom is 0.333 e. The monoisotopic (exact) mass is 365 g/mol. The minimum absolute atomic E-state index is 0.151. The van der Waals surface area contributed by atoms with Gasteiger partial charge in [-0.15, -0.1) is 0 Å². The van der Waals surface area contributed by atoms with Gasteiger partial charge >= 0.3 is 10.3 Å². The van der Waals surface area contributed by atoms with Crippen LogP contribution in [0.2, 0.25) is 0 Å². The van der Waals surface area contributed by atoms with Gasteiger partial charge < -0.3 is 9.88 Å². The van der Waals surface area contributed by atoms with E-state index in [1.54, 1.807) is 6.33 Å². The van der Waals surface area contributed by atoms with Crippen molar-refractivity contribution in [2.75, 3.05) is 18.5 Å². The molecule has 2 aliphatic rings. The Balaban J connectivity index is 1.47. The van der Waals surface area contributed by atoms with Gasteiger partial charge in [0.05, 0.1) is 12.0 Å². The lowest BCUT2D eigenvalue weighted by atomic mass is 10.1. The molecule has 0 amide bonds. The topological polar surface area (TPSA) is 112 Å². The summed E-state index contributed by atoms with van der Waals surface area (Å²) in [6.45, 7) is 1.12. The Hall–Kier alpha value is -1.71. The molecule has 25 heavy (non-hydrogen) atoms.